The molecule has 1 saturated heterocycles. The molecular weight excluding hydrogens is 612 g/mol. The summed E-state index contributed by atoms with van der Waals surface area (Å²) in [6.45, 7) is 2.52. The predicted octanol–water partition coefficient (Wildman–Crippen LogP) is 7.48. The molecule has 0 atom stereocenters. The lowest BCUT2D eigenvalue weighted by atomic mass is 9.98. The molecule has 1 aliphatic rings. The number of nitriles is 1. The number of hydrogen-bond acceptors (Lipinski definition) is 8. The number of hydrogen-bond donors (Lipinski definition) is 2. The number of halogens is 3. The fourth-order valence-corrected chi connectivity index (χ4v) is 6.79. The Labute approximate surface area is 266 Å². The zero-order valence-electron chi connectivity index (χ0n) is 23.7. The van der Waals surface area contributed by atoms with Crippen molar-refractivity contribution in [2.24, 2.45) is 4.99 Å². The van der Waals surface area contributed by atoms with Gasteiger partial charge >= 0.3 is 0 Å². The number of anilines is 2. The quantitative estimate of drug-likeness (QED) is 0.190. The normalized spacial score (nSPS) is 13.2. The summed E-state index contributed by atoms with van der Waals surface area (Å²) in [7, 11) is 0. The second-order valence-electron chi connectivity index (χ2n) is 10.5. The van der Waals surface area contributed by atoms with Crippen LogP contribution >= 0.6 is 22.9 Å². The van der Waals surface area contributed by atoms with E-state index in [9.17, 15) is 9.65 Å². The summed E-state index contributed by atoms with van der Waals surface area (Å²) in [4.78, 5) is 16.0. The lowest BCUT2D eigenvalue weighted by molar-refractivity contribution is 0.590. The molecule has 0 bridgehead atoms. The Morgan fingerprint density at radius 2 is 1.62 bits per heavy atom. The highest BCUT2D eigenvalue weighted by Gasteiger charge is 2.27. The Hall–Kier alpha value is -4.95. The molecule has 1 fully saturated rings. The molecule has 3 N–H and O–H groups in total. The molecule has 3 heterocycles. The maximum absolute atomic E-state index is 16.9. The Balaban J connectivity index is 1.56. The van der Waals surface area contributed by atoms with Crippen molar-refractivity contribution >= 4 is 66.4 Å². The molecule has 0 aliphatic carbocycles. The van der Waals surface area contributed by atoms with Gasteiger partial charge in [-0.25, -0.2) is 23.7 Å². The third-order valence-electron chi connectivity index (χ3n) is 7.76. The zero-order valence-corrected chi connectivity index (χ0v) is 25.3. The van der Waals surface area contributed by atoms with Gasteiger partial charge in [0.2, 0.25) is 0 Å². The van der Waals surface area contributed by atoms with Crippen molar-refractivity contribution in [3.8, 4) is 17.2 Å². The summed E-state index contributed by atoms with van der Waals surface area (Å²) in [5, 5.41) is 14.5. The Morgan fingerprint density at radius 1 is 0.956 bits per heavy atom. The highest BCUT2D eigenvalue weighted by Crippen LogP contribution is 2.44. The van der Waals surface area contributed by atoms with Gasteiger partial charge in [0.05, 0.1) is 26.6 Å². The van der Waals surface area contributed by atoms with E-state index in [1.165, 1.54) is 12.1 Å². The molecule has 4 aromatic carbocycles. The molecule has 0 unspecified atom stereocenters. The Bertz CT molecular complexity index is 2110. The number of nitrogens with two attached hydrogens (primary N) is 1. The number of aliphatic imine (C=N–C) groups is 1. The third kappa shape index (κ3) is 5.15. The van der Waals surface area contributed by atoms with Gasteiger partial charge in [0.15, 0.2) is 16.8 Å². The van der Waals surface area contributed by atoms with Crippen LogP contribution < -0.4 is 16.0 Å². The van der Waals surface area contributed by atoms with Gasteiger partial charge in [-0.2, -0.15) is 5.26 Å². The number of thiazole rings is 1. The van der Waals surface area contributed by atoms with Gasteiger partial charge in [-0.1, -0.05) is 83.6 Å². The van der Waals surface area contributed by atoms with Crippen molar-refractivity contribution in [3.63, 3.8) is 0 Å². The third-order valence-corrected chi connectivity index (χ3v) is 8.96. The number of benzene rings is 4. The highest BCUT2D eigenvalue weighted by atomic mass is 35.5. The second kappa shape index (κ2) is 11.9. The van der Waals surface area contributed by atoms with Crippen LogP contribution in [0, 0.1) is 23.0 Å². The first-order valence-corrected chi connectivity index (χ1v) is 15.4. The standard InChI is InChI=1S/C34H24ClF2N7S/c35-24-17-22-29(27(37)26(24)21-11-12-25(36)32-30(21)43-34(39)45-32)42-33(23(18-38)31(22)44-15-13-40-14-16-44)41-28(19-7-3-1-4-8-19)20-9-5-2-6-10-20/h1-12,17,40H,13-16H2,(H2,39,43). The first-order valence-electron chi connectivity index (χ1n) is 14.2. The number of pyridine rings is 1. The van der Waals surface area contributed by atoms with E-state index in [4.69, 9.17) is 27.3 Å². The van der Waals surface area contributed by atoms with Gasteiger partial charge in [0.25, 0.3) is 0 Å². The van der Waals surface area contributed by atoms with E-state index in [2.05, 4.69) is 16.4 Å². The van der Waals surface area contributed by atoms with Crippen LogP contribution in [0.1, 0.15) is 16.7 Å². The van der Waals surface area contributed by atoms with Crippen LogP contribution in [0.5, 0.6) is 0 Å². The fourth-order valence-electron chi connectivity index (χ4n) is 5.74. The summed E-state index contributed by atoms with van der Waals surface area (Å²) in [6.07, 6.45) is 0. The predicted molar refractivity (Wildman–Crippen MR) is 178 cm³/mol. The van der Waals surface area contributed by atoms with Gasteiger partial charge in [-0.3, -0.25) is 0 Å². The number of nitrogen functional groups attached to an aromatic ring is 1. The molecule has 7 nitrogen and oxygen atoms in total. The molecule has 1 aliphatic heterocycles. The van der Waals surface area contributed by atoms with E-state index in [-0.39, 0.29) is 48.4 Å². The minimum absolute atomic E-state index is 0.0122. The van der Waals surface area contributed by atoms with Gasteiger partial charge in [-0.15, -0.1) is 0 Å². The van der Waals surface area contributed by atoms with Crippen LogP contribution in [-0.4, -0.2) is 41.9 Å². The van der Waals surface area contributed by atoms with Crippen molar-refractivity contribution in [3.05, 3.63) is 112 Å². The number of rotatable bonds is 5. The summed E-state index contributed by atoms with van der Waals surface area (Å²) >= 11 is 7.80. The number of nitrogens with zero attached hydrogens (tertiary/aromatic N) is 5. The first kappa shape index (κ1) is 28.8. The van der Waals surface area contributed by atoms with Crippen molar-refractivity contribution in [1.82, 2.24) is 15.3 Å². The summed E-state index contributed by atoms with van der Waals surface area (Å²) < 4.78 is 31.8. The van der Waals surface area contributed by atoms with Crippen LogP contribution in [0.2, 0.25) is 5.02 Å². The zero-order chi connectivity index (χ0) is 31.1. The number of aromatic nitrogens is 2. The van der Waals surface area contributed by atoms with Crippen LogP contribution in [0.25, 0.3) is 32.2 Å². The maximum Gasteiger partial charge on any atom is 0.181 e. The largest absolute Gasteiger partial charge is 0.375 e. The molecule has 0 amide bonds. The van der Waals surface area contributed by atoms with E-state index in [1.54, 1.807) is 6.07 Å². The van der Waals surface area contributed by atoms with E-state index in [0.717, 1.165) is 22.5 Å². The molecule has 0 spiro atoms. The molecule has 222 valence electrons. The molecule has 11 heteroatoms. The van der Waals surface area contributed by atoms with Crippen molar-refractivity contribution in [2.75, 3.05) is 36.8 Å². The number of piperazine rings is 1. The smallest absolute Gasteiger partial charge is 0.181 e. The molecule has 0 saturated carbocycles. The van der Waals surface area contributed by atoms with E-state index >= 15 is 4.39 Å². The molecule has 6 aromatic rings. The van der Waals surface area contributed by atoms with E-state index in [0.29, 0.717) is 43.0 Å². The lowest BCUT2D eigenvalue weighted by Gasteiger charge is -2.31. The van der Waals surface area contributed by atoms with Gasteiger partial charge in [0.1, 0.15) is 23.0 Å². The fraction of sp³-hybridized carbons (Fsp3) is 0.118. The van der Waals surface area contributed by atoms with Crippen molar-refractivity contribution < 1.29 is 8.78 Å². The van der Waals surface area contributed by atoms with Crippen LogP contribution in [0.15, 0.2) is 83.9 Å². The second-order valence-corrected chi connectivity index (χ2v) is 11.9. The van der Waals surface area contributed by atoms with Gasteiger partial charge in [0, 0.05) is 53.8 Å². The first-order chi connectivity index (χ1) is 21.9. The molecule has 2 aromatic heterocycles. The average molecular weight is 636 g/mol. The minimum atomic E-state index is -0.727. The van der Waals surface area contributed by atoms with Gasteiger partial charge in [-0.05, 0) is 18.2 Å². The van der Waals surface area contributed by atoms with E-state index < -0.39 is 11.6 Å². The molecule has 45 heavy (non-hydrogen) atoms. The number of nitrogens with one attached hydrogen (secondary N) is 1. The Morgan fingerprint density at radius 3 is 2.27 bits per heavy atom. The number of fused-ring (bicyclic) bond motifs is 2. The van der Waals surface area contributed by atoms with Crippen LogP contribution in [0.3, 0.4) is 0 Å². The summed E-state index contributed by atoms with van der Waals surface area (Å²) in [6, 6.07) is 25.8. The Kier molecular flexibility index (Phi) is 7.59. The SMILES string of the molecule is N#Cc1c(N=C(c2ccccc2)c2ccccc2)nc2c(F)c(-c3ccc(F)c4sc(N)nc34)c(Cl)cc2c1N1CCNCC1. The molecule has 7 rings (SSSR count). The van der Waals surface area contributed by atoms with Crippen molar-refractivity contribution in [1.29, 1.82) is 5.26 Å². The molecular formula is C34H24ClF2N7S. The topological polar surface area (TPSA) is 103 Å². The van der Waals surface area contributed by atoms with Gasteiger partial charge < -0.3 is 16.0 Å². The van der Waals surface area contributed by atoms with Crippen LogP contribution in [0.4, 0.5) is 25.4 Å². The monoisotopic (exact) mass is 635 g/mol. The summed E-state index contributed by atoms with van der Waals surface area (Å²) in [5.74, 6) is -1.16. The molecule has 0 radical (unpaired) electrons. The highest BCUT2D eigenvalue weighted by molar-refractivity contribution is 7.22. The average Bonchev–Trinajstić information content (AvgIpc) is 3.48. The van der Waals surface area contributed by atoms with Crippen LogP contribution in [-0.2, 0) is 0 Å². The maximum atomic E-state index is 16.9. The lowest BCUT2D eigenvalue weighted by Crippen LogP contribution is -2.44. The summed E-state index contributed by atoms with van der Waals surface area (Å²) in [5.41, 5.74) is 9.35. The minimum Gasteiger partial charge on any atom is -0.375 e. The van der Waals surface area contributed by atoms with E-state index in [1.807, 2.05) is 65.6 Å². The van der Waals surface area contributed by atoms with Crippen molar-refractivity contribution in [2.45, 2.75) is 0 Å².